The van der Waals surface area contributed by atoms with Crippen molar-refractivity contribution in [1.82, 2.24) is 5.32 Å². The maximum Gasteiger partial charge on any atom is 0.133 e. The van der Waals surface area contributed by atoms with Gasteiger partial charge in [0.15, 0.2) is 0 Å². The van der Waals surface area contributed by atoms with E-state index < -0.39 is 11.6 Å². The number of nitrogens with one attached hydrogen (secondary N) is 1. The molecule has 0 aromatic heterocycles. The van der Waals surface area contributed by atoms with E-state index in [4.69, 9.17) is 0 Å². The molecule has 1 unspecified atom stereocenters. The van der Waals surface area contributed by atoms with Gasteiger partial charge in [0.1, 0.15) is 11.6 Å². The molecule has 0 aliphatic heterocycles. The summed E-state index contributed by atoms with van der Waals surface area (Å²) in [6.07, 6.45) is 1.05. The summed E-state index contributed by atoms with van der Waals surface area (Å²) in [4.78, 5) is 0. The van der Waals surface area contributed by atoms with Gasteiger partial charge in [-0.25, -0.2) is 8.78 Å². The van der Waals surface area contributed by atoms with E-state index in [0.717, 1.165) is 18.5 Å². The summed E-state index contributed by atoms with van der Waals surface area (Å²) < 4.78 is 27.6. The summed E-state index contributed by atoms with van der Waals surface area (Å²) in [6, 6.07) is 11.5. The molecular formula is C17H19F2N. The van der Waals surface area contributed by atoms with Gasteiger partial charge in [-0.1, -0.05) is 31.2 Å². The Bertz CT molecular complexity index is 561. The van der Waals surface area contributed by atoms with Crippen molar-refractivity contribution in [2.75, 3.05) is 6.54 Å². The van der Waals surface area contributed by atoms with Crippen LogP contribution >= 0.6 is 0 Å². The Balaban J connectivity index is 2.35. The van der Waals surface area contributed by atoms with Crippen LogP contribution in [0.15, 0.2) is 42.5 Å². The van der Waals surface area contributed by atoms with Crippen molar-refractivity contribution >= 4 is 0 Å². The van der Waals surface area contributed by atoms with Crippen LogP contribution in [0.3, 0.4) is 0 Å². The van der Waals surface area contributed by atoms with Crippen LogP contribution in [0.5, 0.6) is 0 Å². The molecule has 0 saturated heterocycles. The second kappa shape index (κ2) is 6.62. The molecule has 20 heavy (non-hydrogen) atoms. The zero-order valence-electron chi connectivity index (χ0n) is 11.8. The third-order valence-corrected chi connectivity index (χ3v) is 3.34. The molecule has 1 N–H and O–H groups in total. The van der Waals surface area contributed by atoms with Crippen LogP contribution in [-0.2, 0) is 0 Å². The first kappa shape index (κ1) is 14.7. The Labute approximate surface area is 118 Å². The third-order valence-electron chi connectivity index (χ3n) is 3.34. The molecule has 2 aromatic rings. The Kier molecular flexibility index (Phi) is 4.85. The molecule has 2 aromatic carbocycles. The topological polar surface area (TPSA) is 12.0 Å². The molecule has 0 bridgehead atoms. The van der Waals surface area contributed by atoms with Crippen LogP contribution in [0.4, 0.5) is 8.78 Å². The van der Waals surface area contributed by atoms with Gasteiger partial charge in [-0.2, -0.15) is 0 Å². The molecule has 3 heteroatoms. The lowest BCUT2D eigenvalue weighted by atomic mass is 9.99. The summed E-state index contributed by atoms with van der Waals surface area (Å²) in [5.41, 5.74) is 1.64. The van der Waals surface area contributed by atoms with Gasteiger partial charge >= 0.3 is 0 Å². The van der Waals surface area contributed by atoms with Crippen molar-refractivity contribution in [2.24, 2.45) is 0 Å². The molecule has 1 nitrogen and oxygen atoms in total. The van der Waals surface area contributed by atoms with E-state index >= 15 is 0 Å². The molecule has 0 aliphatic rings. The van der Waals surface area contributed by atoms with Crippen LogP contribution in [0, 0.1) is 11.6 Å². The fourth-order valence-electron chi connectivity index (χ4n) is 2.22. The van der Waals surface area contributed by atoms with Crippen LogP contribution < -0.4 is 5.32 Å². The summed E-state index contributed by atoms with van der Waals surface area (Å²) >= 11 is 0. The summed E-state index contributed by atoms with van der Waals surface area (Å²) in [7, 11) is 0. The average molecular weight is 275 g/mol. The van der Waals surface area contributed by atoms with Gasteiger partial charge in [-0.3, -0.25) is 0 Å². The van der Waals surface area contributed by atoms with Crippen LogP contribution in [0.1, 0.15) is 31.9 Å². The highest BCUT2D eigenvalue weighted by Crippen LogP contribution is 2.28. The second-order valence-corrected chi connectivity index (χ2v) is 4.90. The van der Waals surface area contributed by atoms with Gasteiger partial charge in [0, 0.05) is 6.04 Å². The van der Waals surface area contributed by atoms with E-state index in [0.29, 0.717) is 5.56 Å². The van der Waals surface area contributed by atoms with Gasteiger partial charge < -0.3 is 5.32 Å². The lowest BCUT2D eigenvalue weighted by Gasteiger charge is -2.15. The molecule has 1 atom stereocenters. The number of benzene rings is 2. The Hall–Kier alpha value is -1.74. The van der Waals surface area contributed by atoms with Crippen molar-refractivity contribution in [3.05, 3.63) is 59.7 Å². The normalized spacial score (nSPS) is 12.4. The molecule has 0 heterocycles. The second-order valence-electron chi connectivity index (χ2n) is 4.90. The van der Waals surface area contributed by atoms with E-state index in [9.17, 15) is 8.78 Å². The molecule has 0 aliphatic carbocycles. The van der Waals surface area contributed by atoms with Crippen LogP contribution in [0.2, 0.25) is 0 Å². The average Bonchev–Trinajstić information content (AvgIpc) is 2.45. The zero-order chi connectivity index (χ0) is 14.5. The molecule has 0 spiro atoms. The number of rotatable bonds is 5. The molecule has 2 rings (SSSR count). The van der Waals surface area contributed by atoms with Crippen molar-refractivity contribution in [3.63, 3.8) is 0 Å². The fourth-order valence-corrected chi connectivity index (χ4v) is 2.22. The Morgan fingerprint density at radius 2 is 1.70 bits per heavy atom. The van der Waals surface area contributed by atoms with Gasteiger partial charge in [0.05, 0.1) is 5.56 Å². The Morgan fingerprint density at radius 1 is 1.05 bits per heavy atom. The monoisotopic (exact) mass is 275 g/mol. The number of hydrogen-bond acceptors (Lipinski definition) is 1. The minimum Gasteiger partial charge on any atom is -0.310 e. The predicted octanol–water partition coefficient (Wildman–Crippen LogP) is 4.69. The highest BCUT2D eigenvalue weighted by atomic mass is 19.1. The molecule has 0 radical (unpaired) electrons. The van der Waals surface area contributed by atoms with E-state index in [-0.39, 0.29) is 11.6 Å². The van der Waals surface area contributed by atoms with Crippen molar-refractivity contribution in [2.45, 2.75) is 26.3 Å². The lowest BCUT2D eigenvalue weighted by molar-refractivity contribution is 0.570. The first-order valence-electron chi connectivity index (χ1n) is 6.91. The maximum atomic E-state index is 13.8. The number of hydrogen-bond donors (Lipinski definition) is 1. The van der Waals surface area contributed by atoms with Crippen LogP contribution in [-0.4, -0.2) is 6.54 Å². The largest absolute Gasteiger partial charge is 0.310 e. The molecule has 0 fully saturated rings. The molecule has 0 amide bonds. The lowest BCUT2D eigenvalue weighted by Crippen LogP contribution is -2.19. The van der Waals surface area contributed by atoms with E-state index in [1.165, 1.54) is 18.2 Å². The van der Waals surface area contributed by atoms with Crippen LogP contribution in [0.25, 0.3) is 11.1 Å². The quantitative estimate of drug-likeness (QED) is 0.834. The number of halogens is 2. The van der Waals surface area contributed by atoms with Crippen molar-refractivity contribution < 1.29 is 8.78 Å². The van der Waals surface area contributed by atoms with E-state index in [2.05, 4.69) is 12.2 Å². The SMILES string of the molecule is CCCNC(C)c1cccc(-c2c(F)cccc2F)c1. The fraction of sp³-hybridized carbons (Fsp3) is 0.294. The zero-order valence-corrected chi connectivity index (χ0v) is 11.8. The predicted molar refractivity (Wildman–Crippen MR) is 78.5 cm³/mol. The van der Waals surface area contributed by atoms with Gasteiger partial charge in [0.2, 0.25) is 0 Å². The highest BCUT2D eigenvalue weighted by molar-refractivity contribution is 5.65. The molecular weight excluding hydrogens is 256 g/mol. The Morgan fingerprint density at radius 3 is 2.35 bits per heavy atom. The molecule has 106 valence electrons. The maximum absolute atomic E-state index is 13.8. The van der Waals surface area contributed by atoms with E-state index in [1.807, 2.05) is 25.1 Å². The molecule has 0 saturated carbocycles. The minimum atomic E-state index is -0.531. The standard InChI is InChI=1S/C17H19F2N/c1-3-10-20-12(2)13-6-4-7-14(11-13)17-15(18)8-5-9-16(17)19/h4-9,11-12,20H,3,10H2,1-2H3. The smallest absolute Gasteiger partial charge is 0.133 e. The first-order chi connectivity index (χ1) is 9.63. The van der Waals surface area contributed by atoms with Gasteiger partial charge in [0.25, 0.3) is 0 Å². The van der Waals surface area contributed by atoms with Crippen molar-refractivity contribution in [3.8, 4) is 11.1 Å². The first-order valence-corrected chi connectivity index (χ1v) is 6.91. The summed E-state index contributed by atoms with van der Waals surface area (Å²) in [6.45, 7) is 5.07. The van der Waals surface area contributed by atoms with Gasteiger partial charge in [-0.05, 0) is 49.2 Å². The summed E-state index contributed by atoms with van der Waals surface area (Å²) in [5, 5.41) is 3.37. The third kappa shape index (κ3) is 3.23. The van der Waals surface area contributed by atoms with Crippen molar-refractivity contribution in [1.29, 1.82) is 0 Å². The minimum absolute atomic E-state index is 0.0389. The summed E-state index contributed by atoms with van der Waals surface area (Å²) in [5.74, 6) is -1.06. The highest BCUT2D eigenvalue weighted by Gasteiger charge is 2.12. The van der Waals surface area contributed by atoms with Gasteiger partial charge in [-0.15, -0.1) is 0 Å². The van der Waals surface area contributed by atoms with E-state index in [1.54, 1.807) is 6.07 Å².